The summed E-state index contributed by atoms with van der Waals surface area (Å²) in [6.45, 7) is -0.375. The van der Waals surface area contributed by atoms with Gasteiger partial charge in [-0.1, -0.05) is 6.42 Å². The maximum absolute atomic E-state index is 13.0. The number of hydrogen-bond donors (Lipinski definition) is 13. The van der Waals surface area contributed by atoms with Gasteiger partial charge in [-0.2, -0.15) is 0 Å². The Kier molecular flexibility index (Phi) is 19.6. The molecule has 4 rings (SSSR count). The van der Waals surface area contributed by atoms with Crippen LogP contribution in [0.5, 0.6) is 0 Å². The van der Waals surface area contributed by atoms with Gasteiger partial charge in [0.15, 0.2) is 18.9 Å². The normalized spacial score (nSPS) is 40.2. The Morgan fingerprint density at radius 1 is 0.690 bits per heavy atom. The molecule has 0 radical (unpaired) electrons. The third kappa shape index (κ3) is 12.6. The van der Waals surface area contributed by atoms with E-state index in [0.29, 0.717) is 38.6 Å². The number of nitrogens with one attached hydrogen (secondary N) is 2. The highest BCUT2D eigenvalue weighted by molar-refractivity contribution is 5.86. The van der Waals surface area contributed by atoms with E-state index >= 15 is 0 Å². The van der Waals surface area contributed by atoms with E-state index in [-0.39, 0.29) is 49.0 Å². The van der Waals surface area contributed by atoms with Crippen LogP contribution < -0.4 is 16.4 Å². The van der Waals surface area contributed by atoms with E-state index in [9.17, 15) is 65.4 Å². The summed E-state index contributed by atoms with van der Waals surface area (Å²) in [5.41, 5.74) is 5.54. The average molecular weight is 842 g/mol. The second kappa shape index (κ2) is 23.3. The van der Waals surface area contributed by atoms with Crippen LogP contribution >= 0.6 is 0 Å². The number of nitrogens with two attached hydrogens (primary N) is 1. The molecule has 22 heteroatoms. The number of aliphatic hydroxyl groups is 10. The fourth-order valence-electron chi connectivity index (χ4n) is 7.55. The molecule has 3 saturated heterocycles. The lowest BCUT2D eigenvalue weighted by molar-refractivity contribution is -0.366. The van der Waals surface area contributed by atoms with Gasteiger partial charge in [0, 0.05) is 18.4 Å². The van der Waals surface area contributed by atoms with Crippen LogP contribution in [0.3, 0.4) is 0 Å². The summed E-state index contributed by atoms with van der Waals surface area (Å²) in [5, 5.41) is 109. The molecule has 0 bridgehead atoms. The molecule has 14 N–H and O–H groups in total. The highest BCUT2D eigenvalue weighted by atomic mass is 16.7. The Morgan fingerprint density at radius 3 is 1.83 bits per heavy atom. The van der Waals surface area contributed by atoms with Gasteiger partial charge in [-0.15, -0.1) is 0 Å². The monoisotopic (exact) mass is 841 g/mol. The zero-order chi connectivity index (χ0) is 42.7. The fraction of sp³-hybridized carbons (Fsp3) is 0.917. The standard InChI is InChI=1S/C36H63N3O19/c1-16(42)19(4-2-3-9-37)39-12-20(43)17-5-7-18(8-6-17)33(52)38-10-11-53-35-31(51)32(58-36-30(50)28(48)25(45)22(14-41)56-36)26(46)23(57-35)15-54-34-29(49)27(47)24(44)21(13-40)55-34/h17-19,21-32,34-36,39-41,44-51H,2-15,37H2,1H3,(H,38,52)/t17?,18?,19-,21+,22+,23+,24+,25+,26+,27-,28-,29-,30-,31-,32-,34-,35-,36+/m0/s1. The predicted molar refractivity (Wildman–Crippen MR) is 194 cm³/mol. The molecule has 0 aromatic carbocycles. The van der Waals surface area contributed by atoms with Crippen LogP contribution in [0.25, 0.3) is 0 Å². The summed E-state index contributed by atoms with van der Waals surface area (Å²) >= 11 is 0. The molecule has 3 aliphatic heterocycles. The maximum Gasteiger partial charge on any atom is 0.223 e. The van der Waals surface area contributed by atoms with Gasteiger partial charge in [-0.3, -0.25) is 14.4 Å². The van der Waals surface area contributed by atoms with Crippen LogP contribution in [-0.2, 0) is 42.8 Å². The molecule has 0 spiro atoms. The highest BCUT2D eigenvalue weighted by Gasteiger charge is 2.52. The molecule has 336 valence electrons. The van der Waals surface area contributed by atoms with Crippen LogP contribution in [-0.4, -0.2) is 213 Å². The number of ketones is 2. The second-order valence-electron chi connectivity index (χ2n) is 15.4. The number of unbranched alkanes of at least 4 members (excludes halogenated alkanes) is 1. The Labute approximate surface area is 335 Å². The zero-order valence-electron chi connectivity index (χ0n) is 32.5. The second-order valence-corrected chi connectivity index (χ2v) is 15.4. The van der Waals surface area contributed by atoms with E-state index < -0.39 is 118 Å². The van der Waals surface area contributed by atoms with Gasteiger partial charge in [0.2, 0.25) is 5.91 Å². The molecular weight excluding hydrogens is 778 g/mol. The first kappa shape index (κ1) is 48.8. The SMILES string of the molecule is CC(=O)[C@H](CCCCN)NCC(=O)C1CCC(C(=O)NCCO[C@H]2O[C@H](CO[C@H]3O[C@H](CO)[C@@H](O)[C@H](O)[C@@H]3O)[C@@H](O)[C@H](O[C@H]3O[C@H](CO)[C@@H](O)[C@H](O)[C@@H]3O)[C@@H]2O)CC1. The van der Waals surface area contributed by atoms with Gasteiger partial charge in [-0.25, -0.2) is 0 Å². The highest BCUT2D eigenvalue weighted by Crippen LogP contribution is 2.32. The fourth-order valence-corrected chi connectivity index (χ4v) is 7.55. The number of aliphatic hydroxyl groups excluding tert-OH is 10. The number of ether oxygens (including phenoxy) is 6. The number of rotatable bonds is 21. The summed E-state index contributed by atoms with van der Waals surface area (Å²) in [7, 11) is 0. The van der Waals surface area contributed by atoms with Crippen molar-refractivity contribution < 1.29 is 93.9 Å². The molecule has 3 heterocycles. The zero-order valence-corrected chi connectivity index (χ0v) is 32.5. The quantitative estimate of drug-likeness (QED) is 0.0478. The van der Waals surface area contributed by atoms with Gasteiger partial charge in [0.05, 0.1) is 39.0 Å². The van der Waals surface area contributed by atoms with E-state index in [1.54, 1.807) is 0 Å². The first-order chi connectivity index (χ1) is 27.6. The van der Waals surface area contributed by atoms with Crippen molar-refractivity contribution in [3.05, 3.63) is 0 Å². The number of carbonyl (C=O) groups is 3. The predicted octanol–water partition coefficient (Wildman–Crippen LogP) is -6.38. The van der Waals surface area contributed by atoms with Crippen molar-refractivity contribution in [1.29, 1.82) is 0 Å². The third-order valence-corrected chi connectivity index (χ3v) is 11.3. The molecule has 1 saturated carbocycles. The van der Waals surface area contributed by atoms with Crippen LogP contribution in [0.2, 0.25) is 0 Å². The lowest BCUT2D eigenvalue weighted by Crippen LogP contribution is -2.65. The molecule has 0 aromatic rings. The van der Waals surface area contributed by atoms with Crippen LogP contribution in [0.4, 0.5) is 0 Å². The van der Waals surface area contributed by atoms with Gasteiger partial charge >= 0.3 is 0 Å². The van der Waals surface area contributed by atoms with Crippen LogP contribution in [0, 0.1) is 11.8 Å². The van der Waals surface area contributed by atoms with E-state index in [0.717, 1.165) is 12.8 Å². The molecule has 16 atom stereocenters. The minimum Gasteiger partial charge on any atom is -0.394 e. The van der Waals surface area contributed by atoms with Crippen molar-refractivity contribution in [2.45, 2.75) is 150 Å². The molecule has 0 aromatic heterocycles. The average Bonchev–Trinajstić information content (AvgIpc) is 3.21. The van der Waals surface area contributed by atoms with Crippen LogP contribution in [0.1, 0.15) is 51.9 Å². The smallest absolute Gasteiger partial charge is 0.223 e. The van der Waals surface area contributed by atoms with Gasteiger partial charge < -0.3 is 95.9 Å². The number of carbonyl (C=O) groups excluding carboxylic acids is 3. The van der Waals surface area contributed by atoms with Crippen LogP contribution in [0.15, 0.2) is 0 Å². The van der Waals surface area contributed by atoms with Crippen molar-refractivity contribution in [3.8, 4) is 0 Å². The Morgan fingerprint density at radius 2 is 1.24 bits per heavy atom. The summed E-state index contributed by atoms with van der Waals surface area (Å²) in [6.07, 6.45) is -21.1. The third-order valence-electron chi connectivity index (χ3n) is 11.3. The molecule has 22 nitrogen and oxygen atoms in total. The summed E-state index contributed by atoms with van der Waals surface area (Å²) in [5.74, 6) is -0.949. The molecule has 1 aliphatic carbocycles. The van der Waals surface area contributed by atoms with Gasteiger partial charge in [-0.05, 0) is 52.0 Å². The first-order valence-electron chi connectivity index (χ1n) is 19.9. The Bertz CT molecular complexity index is 1280. The maximum atomic E-state index is 13.0. The molecular formula is C36H63N3O19. The summed E-state index contributed by atoms with van der Waals surface area (Å²) in [4.78, 5) is 37.9. The molecule has 0 unspecified atom stereocenters. The Balaban J connectivity index is 1.31. The molecule has 58 heavy (non-hydrogen) atoms. The van der Waals surface area contributed by atoms with E-state index in [4.69, 9.17) is 34.2 Å². The minimum atomic E-state index is -1.90. The van der Waals surface area contributed by atoms with Crippen molar-refractivity contribution in [1.82, 2.24) is 10.6 Å². The lowest BCUT2D eigenvalue weighted by atomic mass is 9.79. The van der Waals surface area contributed by atoms with E-state index in [1.807, 2.05) is 0 Å². The molecule has 1 amide bonds. The van der Waals surface area contributed by atoms with Crippen molar-refractivity contribution >= 4 is 17.5 Å². The number of amides is 1. The van der Waals surface area contributed by atoms with E-state index in [2.05, 4.69) is 10.6 Å². The largest absolute Gasteiger partial charge is 0.394 e. The number of Topliss-reactive ketones (excluding diaryl/α,β-unsaturated/α-hetero) is 2. The summed E-state index contributed by atoms with van der Waals surface area (Å²) in [6, 6.07) is -0.415. The Hall–Kier alpha value is -1.91. The molecule has 4 aliphatic rings. The minimum absolute atomic E-state index is 0.0146. The van der Waals surface area contributed by atoms with Crippen molar-refractivity contribution in [2.24, 2.45) is 17.6 Å². The first-order valence-corrected chi connectivity index (χ1v) is 19.9. The topological polar surface area (TPSA) is 359 Å². The number of hydrogen-bond acceptors (Lipinski definition) is 21. The lowest BCUT2D eigenvalue weighted by Gasteiger charge is -2.46. The van der Waals surface area contributed by atoms with Gasteiger partial charge in [0.1, 0.15) is 84.8 Å². The van der Waals surface area contributed by atoms with E-state index in [1.165, 1.54) is 6.92 Å². The van der Waals surface area contributed by atoms with Crippen molar-refractivity contribution in [3.63, 3.8) is 0 Å². The summed E-state index contributed by atoms with van der Waals surface area (Å²) < 4.78 is 33.4. The van der Waals surface area contributed by atoms with Crippen molar-refractivity contribution in [2.75, 3.05) is 46.1 Å². The van der Waals surface area contributed by atoms with Gasteiger partial charge in [0.25, 0.3) is 0 Å². The molecule has 4 fully saturated rings.